The van der Waals surface area contributed by atoms with E-state index >= 15 is 0 Å². The van der Waals surface area contributed by atoms with Gasteiger partial charge in [0.1, 0.15) is 11.4 Å². The van der Waals surface area contributed by atoms with Crippen LogP contribution in [0.2, 0.25) is 0 Å². The fraction of sp³-hybridized carbons (Fsp3) is 0.0870. The number of aromatic amines is 1. The average molecular weight is 458 g/mol. The number of fused-ring (bicyclic) bond motifs is 1. The van der Waals surface area contributed by atoms with Gasteiger partial charge in [0.15, 0.2) is 5.76 Å². The molecule has 156 valence electrons. The molecule has 7 nitrogen and oxygen atoms in total. The molecule has 0 atom stereocenters. The molecule has 0 spiro atoms. The number of amides is 1. The minimum atomic E-state index is -0.905. The molecule has 4 rings (SSSR count). The van der Waals surface area contributed by atoms with Crippen LogP contribution in [0, 0.1) is 5.82 Å². The molecule has 0 unspecified atom stereocenters. The van der Waals surface area contributed by atoms with Gasteiger partial charge < -0.3 is 24.2 Å². The van der Waals surface area contributed by atoms with Crippen molar-refractivity contribution in [1.29, 1.82) is 0 Å². The van der Waals surface area contributed by atoms with Crippen molar-refractivity contribution in [2.45, 2.75) is 6.92 Å². The van der Waals surface area contributed by atoms with Gasteiger partial charge in [0.2, 0.25) is 0 Å². The van der Waals surface area contributed by atoms with Crippen LogP contribution in [0.25, 0.3) is 27.7 Å². The Bertz CT molecular complexity index is 1350. The quantitative estimate of drug-likeness (QED) is 0.364. The summed E-state index contributed by atoms with van der Waals surface area (Å²) in [5, 5.41) is 4.46. The van der Waals surface area contributed by atoms with Crippen LogP contribution in [-0.2, 0) is 4.74 Å². The first-order valence-electron chi connectivity index (χ1n) is 9.41. The third-order valence-corrected chi connectivity index (χ3v) is 4.50. The average Bonchev–Trinajstić information content (AvgIpc) is 3.18. The van der Waals surface area contributed by atoms with Gasteiger partial charge in [-0.1, -0.05) is 36.4 Å². The van der Waals surface area contributed by atoms with Crippen LogP contribution >= 0.6 is 0 Å². The number of nitrogens with zero attached hydrogens (tertiary/aromatic N) is 1. The number of carbonyl (C=O) groups excluding carboxylic acids is 2. The molecule has 0 aliphatic rings. The van der Waals surface area contributed by atoms with E-state index in [0.29, 0.717) is 10.9 Å². The third-order valence-electron chi connectivity index (χ3n) is 4.50. The number of carbonyl (C=O) groups is 2. The summed E-state index contributed by atoms with van der Waals surface area (Å²) < 4.78 is 24.0. The molecule has 0 saturated carbocycles. The second-order valence-electron chi connectivity index (χ2n) is 6.58. The zero-order valence-corrected chi connectivity index (χ0v) is 20.5. The van der Waals surface area contributed by atoms with E-state index in [1.807, 2.05) is 0 Å². The monoisotopic (exact) mass is 458 g/mol. The van der Waals surface area contributed by atoms with Gasteiger partial charge in [-0.25, -0.2) is 14.0 Å². The fourth-order valence-electron chi connectivity index (χ4n) is 3.08. The molecule has 2 aromatic carbocycles. The van der Waals surface area contributed by atoms with Crippen molar-refractivity contribution in [2.24, 2.45) is 0 Å². The number of nitrogens with one attached hydrogen (secondary N) is 1. The number of rotatable bonds is 5. The van der Waals surface area contributed by atoms with Gasteiger partial charge in [-0.15, -0.1) is 0 Å². The Hall–Kier alpha value is -2.56. The molecule has 0 radical (unpaired) electrons. The number of ether oxygens (including phenoxy) is 1. The van der Waals surface area contributed by atoms with Gasteiger partial charge in [-0.05, 0) is 42.4 Å². The van der Waals surface area contributed by atoms with E-state index in [1.54, 1.807) is 49.4 Å². The van der Waals surface area contributed by atoms with Crippen molar-refractivity contribution in [3.8, 4) is 11.5 Å². The molecule has 2 heterocycles. The molecule has 4 aromatic rings. The Morgan fingerprint density at radius 2 is 1.84 bits per heavy atom. The Balaban J connectivity index is 0.00000289. The van der Waals surface area contributed by atoms with Crippen molar-refractivity contribution >= 4 is 28.5 Å². The van der Waals surface area contributed by atoms with Crippen LogP contribution < -0.4 is 57.0 Å². The molecule has 2 aromatic heterocycles. The Morgan fingerprint density at radius 1 is 1.09 bits per heavy atom. The molecule has 0 saturated heterocycles. The topological polar surface area (TPSA) is 103 Å². The van der Waals surface area contributed by atoms with Crippen LogP contribution in [0.4, 0.5) is 10.1 Å². The molecule has 0 bridgehead atoms. The van der Waals surface area contributed by atoms with Crippen molar-refractivity contribution in [3.05, 3.63) is 93.3 Å². The zero-order chi connectivity index (χ0) is 22.0. The number of benzene rings is 2. The maximum absolute atomic E-state index is 13.5. The number of halogens is 1. The van der Waals surface area contributed by atoms with E-state index in [0.717, 1.165) is 6.07 Å². The number of hydrogen-bond acceptors (Lipinski definition) is 5. The Morgan fingerprint density at radius 3 is 2.56 bits per heavy atom. The maximum Gasteiger partial charge on any atom is 1.00 e. The van der Waals surface area contributed by atoms with Gasteiger partial charge in [0.05, 0.1) is 18.2 Å². The van der Waals surface area contributed by atoms with Gasteiger partial charge in [-0.2, -0.15) is 0 Å². The Kier molecular flexibility index (Phi) is 7.80. The van der Waals surface area contributed by atoms with E-state index in [-0.39, 0.29) is 86.3 Å². The molecular weight excluding hydrogens is 442 g/mol. The van der Waals surface area contributed by atoms with E-state index in [1.165, 1.54) is 12.1 Å². The predicted molar refractivity (Wildman–Crippen MR) is 112 cm³/mol. The summed E-state index contributed by atoms with van der Waals surface area (Å²) in [6.45, 7) is 1.72. The minimum absolute atomic E-state index is 0. The van der Waals surface area contributed by atoms with Gasteiger partial charge in [-0.3, -0.25) is 0 Å². The van der Waals surface area contributed by atoms with Crippen LogP contribution in [0.1, 0.15) is 27.6 Å². The van der Waals surface area contributed by atoms with Gasteiger partial charge in [0, 0.05) is 10.9 Å². The predicted octanol–water partition coefficient (Wildman–Crippen LogP) is 1.95. The van der Waals surface area contributed by atoms with Gasteiger partial charge in [0.25, 0.3) is 0 Å². The minimum Gasteiger partial charge on any atom is -0.617 e. The first kappa shape index (κ1) is 24.1. The summed E-state index contributed by atoms with van der Waals surface area (Å²) in [6, 6.07) is 15.1. The molecular formula is C23H16FKN2O5. The number of H-pyrrole nitrogens is 1. The fourth-order valence-corrected chi connectivity index (χ4v) is 3.08. The van der Waals surface area contributed by atoms with Crippen LogP contribution in [-0.4, -0.2) is 23.5 Å². The number of esters is 1. The Labute approximate surface area is 224 Å². The van der Waals surface area contributed by atoms with E-state index in [2.05, 4.69) is 10.3 Å². The SMILES string of the molecule is CCOC(=O)c1cc([N-]C(=O)c2ccccc2)c(=O)oc1-c1cc2ccc(F)cc2[nH]1.[K+]. The molecule has 1 amide bonds. The zero-order valence-electron chi connectivity index (χ0n) is 17.3. The van der Waals surface area contributed by atoms with Crippen LogP contribution in [0.3, 0.4) is 0 Å². The normalized spacial score (nSPS) is 10.4. The number of hydrogen-bond donors (Lipinski definition) is 1. The molecule has 0 aliphatic heterocycles. The summed E-state index contributed by atoms with van der Waals surface area (Å²) >= 11 is 0. The summed E-state index contributed by atoms with van der Waals surface area (Å²) in [4.78, 5) is 40.4. The second-order valence-corrected chi connectivity index (χ2v) is 6.58. The smallest absolute Gasteiger partial charge is 0.617 e. The first-order chi connectivity index (χ1) is 15.0. The molecule has 0 fully saturated rings. The summed E-state index contributed by atoms with van der Waals surface area (Å²) in [5.74, 6) is -1.95. The van der Waals surface area contributed by atoms with Crippen LogP contribution in [0.5, 0.6) is 0 Å². The van der Waals surface area contributed by atoms with E-state index in [4.69, 9.17) is 9.15 Å². The first-order valence-corrected chi connectivity index (χ1v) is 9.41. The maximum atomic E-state index is 13.5. The van der Waals surface area contributed by atoms with Gasteiger partial charge >= 0.3 is 63.0 Å². The molecule has 32 heavy (non-hydrogen) atoms. The van der Waals surface area contributed by atoms with E-state index in [9.17, 15) is 18.8 Å². The van der Waals surface area contributed by atoms with Crippen molar-refractivity contribution in [3.63, 3.8) is 0 Å². The standard InChI is InChI=1S/C23H17FN2O5.K/c1-2-30-22(28)16-12-19(26-21(27)13-6-4-3-5-7-13)23(29)31-20(16)18-10-14-8-9-15(24)11-17(14)25-18;/h3-12H,2H2,1H3,(H2,25,26,27,28,29);/q;+1/p-1. The van der Waals surface area contributed by atoms with E-state index < -0.39 is 23.3 Å². The van der Waals surface area contributed by atoms with Crippen molar-refractivity contribution in [2.75, 3.05) is 6.61 Å². The molecule has 9 heteroatoms. The largest absolute Gasteiger partial charge is 1.00 e. The summed E-state index contributed by atoms with van der Waals surface area (Å²) in [6.07, 6.45) is 0. The number of aromatic nitrogens is 1. The van der Waals surface area contributed by atoms with Crippen molar-refractivity contribution < 1.29 is 74.5 Å². The van der Waals surface area contributed by atoms with Crippen LogP contribution in [0.15, 0.2) is 69.9 Å². The second kappa shape index (κ2) is 10.4. The molecule has 0 aliphatic carbocycles. The molecule has 1 N–H and O–H groups in total. The van der Waals surface area contributed by atoms with Crippen molar-refractivity contribution in [1.82, 2.24) is 4.98 Å². The summed E-state index contributed by atoms with van der Waals surface area (Å²) in [5.41, 5.74) is -0.309. The third kappa shape index (κ3) is 5.08. The summed E-state index contributed by atoms with van der Waals surface area (Å²) in [7, 11) is 0.